The van der Waals surface area contributed by atoms with Crippen molar-refractivity contribution in [1.29, 1.82) is 0 Å². The van der Waals surface area contributed by atoms with E-state index in [0.717, 1.165) is 16.2 Å². The number of likely N-dealkylation sites (N-methyl/N-ethyl adjacent to an activating group) is 1. The topological polar surface area (TPSA) is 12.5 Å². The molecule has 0 aromatic heterocycles. The molecule has 0 saturated heterocycles. The van der Waals surface area contributed by atoms with Crippen molar-refractivity contribution in [3.63, 3.8) is 0 Å². The standard InChI is InChI=1S/C16H17NO/c1-11-4-5-12-9-13-6-7-14(17(2)3)10-16(13)18-15(12)8-11/h4-10,13,16H,1H2,2-3H3. The lowest BCUT2D eigenvalue weighted by atomic mass is 9.92. The molecule has 2 heteroatoms. The lowest BCUT2D eigenvalue weighted by Crippen LogP contribution is -2.34. The number of hydrogen-bond acceptors (Lipinski definition) is 2. The fourth-order valence-corrected chi connectivity index (χ4v) is 2.39. The van der Waals surface area contributed by atoms with Crippen LogP contribution in [0.4, 0.5) is 0 Å². The Balaban J connectivity index is 2.03. The third-order valence-electron chi connectivity index (χ3n) is 3.43. The first kappa shape index (κ1) is 11.1. The Morgan fingerprint density at radius 3 is 2.83 bits per heavy atom. The van der Waals surface area contributed by atoms with Crippen LogP contribution in [0.1, 0.15) is 0 Å². The fourth-order valence-electron chi connectivity index (χ4n) is 2.39. The van der Waals surface area contributed by atoms with E-state index in [1.807, 2.05) is 26.2 Å². The van der Waals surface area contributed by atoms with Gasteiger partial charge in [-0.25, -0.2) is 0 Å². The first-order valence-electron chi connectivity index (χ1n) is 6.18. The lowest BCUT2D eigenvalue weighted by Gasteiger charge is -2.30. The van der Waals surface area contributed by atoms with Gasteiger partial charge in [0.2, 0.25) is 0 Å². The molecule has 1 heterocycles. The van der Waals surface area contributed by atoms with Gasteiger partial charge < -0.3 is 9.64 Å². The SMILES string of the molecule is C=c1ccc2c(c1)OC1C=C(N(C)C)C=CC1C=2. The van der Waals surface area contributed by atoms with Crippen LogP contribution in [0.2, 0.25) is 0 Å². The number of rotatable bonds is 1. The van der Waals surface area contributed by atoms with E-state index >= 15 is 0 Å². The van der Waals surface area contributed by atoms with E-state index in [-0.39, 0.29) is 6.10 Å². The first-order chi connectivity index (χ1) is 8.63. The molecule has 18 heavy (non-hydrogen) atoms. The second kappa shape index (κ2) is 4.05. The van der Waals surface area contributed by atoms with E-state index in [9.17, 15) is 0 Å². The molecule has 1 aromatic carbocycles. The summed E-state index contributed by atoms with van der Waals surface area (Å²) in [5, 5.41) is 2.15. The van der Waals surface area contributed by atoms with E-state index in [1.54, 1.807) is 0 Å². The Kier molecular flexibility index (Phi) is 2.51. The molecule has 1 aliphatic carbocycles. The van der Waals surface area contributed by atoms with Crippen LogP contribution in [0, 0.1) is 5.92 Å². The first-order valence-corrected chi connectivity index (χ1v) is 6.18. The third kappa shape index (κ3) is 1.84. The zero-order chi connectivity index (χ0) is 12.7. The maximum atomic E-state index is 6.07. The number of benzene rings is 1. The zero-order valence-corrected chi connectivity index (χ0v) is 10.8. The Morgan fingerprint density at radius 2 is 2.06 bits per heavy atom. The minimum Gasteiger partial charge on any atom is -0.485 e. The molecular weight excluding hydrogens is 222 g/mol. The van der Waals surface area contributed by atoms with Crippen LogP contribution in [0.15, 0.2) is 42.1 Å². The van der Waals surface area contributed by atoms with Crippen molar-refractivity contribution >= 4 is 12.7 Å². The molecule has 0 amide bonds. The summed E-state index contributed by atoms with van der Waals surface area (Å²) in [7, 11) is 4.09. The van der Waals surface area contributed by atoms with Gasteiger partial charge in [0, 0.05) is 30.9 Å². The molecular formula is C16H17NO. The minimum atomic E-state index is 0.0988. The summed E-state index contributed by atoms with van der Waals surface area (Å²) in [6.07, 6.45) is 8.91. The van der Waals surface area contributed by atoms with Gasteiger partial charge in [-0.1, -0.05) is 30.9 Å². The highest BCUT2D eigenvalue weighted by atomic mass is 16.5. The highest BCUT2D eigenvalue weighted by Crippen LogP contribution is 2.26. The second-order valence-corrected chi connectivity index (χ2v) is 5.04. The number of allylic oxidation sites excluding steroid dienone is 1. The molecule has 92 valence electrons. The van der Waals surface area contributed by atoms with Crippen LogP contribution >= 0.6 is 0 Å². The molecule has 1 aliphatic heterocycles. The fraction of sp³-hybridized carbons (Fsp3) is 0.250. The van der Waals surface area contributed by atoms with Crippen molar-refractivity contribution in [2.45, 2.75) is 6.10 Å². The van der Waals surface area contributed by atoms with E-state index in [0.29, 0.717) is 5.92 Å². The van der Waals surface area contributed by atoms with Gasteiger partial charge in [0.25, 0.3) is 0 Å². The highest BCUT2D eigenvalue weighted by molar-refractivity contribution is 5.46. The molecule has 0 fully saturated rings. The molecule has 1 aromatic rings. The quantitative estimate of drug-likeness (QED) is 0.732. The van der Waals surface area contributed by atoms with Gasteiger partial charge in [-0.05, 0) is 23.4 Å². The molecule has 0 bridgehead atoms. The van der Waals surface area contributed by atoms with Crippen LogP contribution < -0.4 is 15.2 Å². The molecule has 2 nitrogen and oxygen atoms in total. The minimum absolute atomic E-state index is 0.0988. The molecule has 2 aliphatic rings. The van der Waals surface area contributed by atoms with Crippen molar-refractivity contribution in [3.05, 3.63) is 52.6 Å². The number of hydrogen-bond donors (Lipinski definition) is 0. The van der Waals surface area contributed by atoms with Crippen molar-refractivity contribution in [2.75, 3.05) is 14.1 Å². The average Bonchev–Trinajstić information content (AvgIpc) is 2.35. The number of nitrogens with zero attached hydrogens (tertiary/aromatic N) is 1. The lowest BCUT2D eigenvalue weighted by molar-refractivity contribution is 0.213. The summed E-state index contributed by atoms with van der Waals surface area (Å²) >= 11 is 0. The van der Waals surface area contributed by atoms with Gasteiger partial charge in [-0.15, -0.1) is 0 Å². The Morgan fingerprint density at radius 1 is 1.22 bits per heavy atom. The smallest absolute Gasteiger partial charge is 0.129 e. The van der Waals surface area contributed by atoms with Gasteiger partial charge >= 0.3 is 0 Å². The van der Waals surface area contributed by atoms with Crippen LogP contribution in [-0.2, 0) is 0 Å². The maximum absolute atomic E-state index is 6.07. The maximum Gasteiger partial charge on any atom is 0.129 e. The van der Waals surface area contributed by atoms with E-state index in [1.165, 1.54) is 5.70 Å². The summed E-state index contributed by atoms with van der Waals surface area (Å²) < 4.78 is 6.07. The summed E-state index contributed by atoms with van der Waals surface area (Å²) in [6.45, 7) is 3.94. The van der Waals surface area contributed by atoms with Crippen LogP contribution in [0.3, 0.4) is 0 Å². The number of ether oxygens (including phenoxy) is 1. The predicted molar refractivity (Wildman–Crippen MR) is 74.5 cm³/mol. The van der Waals surface area contributed by atoms with E-state index < -0.39 is 0 Å². The van der Waals surface area contributed by atoms with Crippen LogP contribution in [0.5, 0.6) is 5.75 Å². The van der Waals surface area contributed by atoms with Crippen molar-refractivity contribution < 1.29 is 4.74 Å². The summed E-state index contributed by atoms with van der Waals surface area (Å²) in [6, 6.07) is 6.10. The van der Waals surface area contributed by atoms with Crippen molar-refractivity contribution in [2.24, 2.45) is 5.92 Å². The van der Waals surface area contributed by atoms with Crippen LogP contribution in [0.25, 0.3) is 12.7 Å². The molecule has 0 saturated carbocycles. The van der Waals surface area contributed by atoms with E-state index in [2.05, 4.69) is 41.8 Å². The average molecular weight is 239 g/mol. The summed E-state index contributed by atoms with van der Waals surface area (Å²) in [5.41, 5.74) is 1.19. The van der Waals surface area contributed by atoms with Crippen molar-refractivity contribution in [3.8, 4) is 5.75 Å². The largest absolute Gasteiger partial charge is 0.485 e. The number of fused-ring (bicyclic) bond motifs is 2. The zero-order valence-electron chi connectivity index (χ0n) is 10.8. The Labute approximate surface area is 107 Å². The normalized spacial score (nSPS) is 24.2. The molecule has 2 unspecified atom stereocenters. The molecule has 3 rings (SSSR count). The molecule has 0 N–H and O–H groups in total. The second-order valence-electron chi connectivity index (χ2n) is 5.04. The van der Waals surface area contributed by atoms with E-state index in [4.69, 9.17) is 4.74 Å². The van der Waals surface area contributed by atoms with Crippen LogP contribution in [-0.4, -0.2) is 25.1 Å². The van der Waals surface area contributed by atoms with Gasteiger partial charge in [-0.2, -0.15) is 0 Å². The highest BCUT2D eigenvalue weighted by Gasteiger charge is 2.25. The monoisotopic (exact) mass is 239 g/mol. The Hall–Kier alpha value is -1.96. The van der Waals surface area contributed by atoms with Gasteiger partial charge in [0.1, 0.15) is 11.9 Å². The molecule has 2 atom stereocenters. The summed E-state index contributed by atoms with van der Waals surface area (Å²) in [4.78, 5) is 2.10. The van der Waals surface area contributed by atoms with Gasteiger partial charge in [0.15, 0.2) is 0 Å². The molecule has 0 spiro atoms. The Bertz CT molecular complexity index is 640. The van der Waals surface area contributed by atoms with Crippen molar-refractivity contribution in [1.82, 2.24) is 4.90 Å². The van der Waals surface area contributed by atoms with Gasteiger partial charge in [-0.3, -0.25) is 0 Å². The predicted octanol–water partition coefficient (Wildman–Crippen LogP) is 1.27. The molecule has 0 radical (unpaired) electrons. The van der Waals surface area contributed by atoms with Gasteiger partial charge in [0.05, 0.1) is 0 Å². The summed E-state index contributed by atoms with van der Waals surface area (Å²) in [5.74, 6) is 1.27. The third-order valence-corrected chi connectivity index (χ3v) is 3.43.